The molecule has 17 heavy (non-hydrogen) atoms. The van der Waals surface area contributed by atoms with E-state index in [1.54, 1.807) is 17.6 Å². The Kier molecular flexibility index (Phi) is 3.82. The predicted octanol–water partition coefficient (Wildman–Crippen LogP) is 1.20. The molecule has 0 bridgehead atoms. The fourth-order valence-corrected chi connectivity index (χ4v) is 2.26. The number of thiophene rings is 1. The summed E-state index contributed by atoms with van der Waals surface area (Å²) in [4.78, 5) is 13.0. The van der Waals surface area contributed by atoms with Crippen LogP contribution >= 0.6 is 22.7 Å². The van der Waals surface area contributed by atoms with Crippen LogP contribution in [-0.4, -0.2) is 27.8 Å². The van der Waals surface area contributed by atoms with Crippen LogP contribution in [0.4, 0.5) is 5.13 Å². The number of hydrogen-bond donors (Lipinski definition) is 2. The molecule has 0 radical (unpaired) electrons. The van der Waals surface area contributed by atoms with Crippen molar-refractivity contribution >= 4 is 33.7 Å². The molecule has 7 heteroatoms. The van der Waals surface area contributed by atoms with Crippen LogP contribution in [-0.2, 0) is 0 Å². The van der Waals surface area contributed by atoms with Crippen LogP contribution in [0.25, 0.3) is 0 Å². The molecule has 0 aliphatic rings. The van der Waals surface area contributed by atoms with Crippen molar-refractivity contribution < 1.29 is 9.90 Å². The fourth-order valence-electron chi connectivity index (χ4n) is 1.04. The molecule has 0 spiro atoms. The Morgan fingerprint density at radius 2 is 2.41 bits per heavy atom. The number of carbonyl (C=O) groups is 1. The van der Waals surface area contributed by atoms with E-state index in [2.05, 4.69) is 27.4 Å². The van der Waals surface area contributed by atoms with E-state index >= 15 is 0 Å². The number of nitrogens with zero attached hydrogens (tertiary/aromatic N) is 2. The van der Waals surface area contributed by atoms with Gasteiger partial charge >= 0.3 is 0 Å². The van der Waals surface area contributed by atoms with Gasteiger partial charge in [0, 0.05) is 0 Å². The molecule has 2 aromatic rings. The summed E-state index contributed by atoms with van der Waals surface area (Å²) in [5.74, 6) is 5.04. The normalized spacial score (nSPS) is 9.47. The summed E-state index contributed by atoms with van der Waals surface area (Å²) in [7, 11) is 0. The number of aliphatic hydroxyl groups is 1. The first kappa shape index (κ1) is 11.7. The van der Waals surface area contributed by atoms with Crippen LogP contribution in [0.2, 0.25) is 0 Å². The maximum Gasteiger partial charge on any atom is 0.267 e. The lowest BCUT2D eigenvalue weighted by molar-refractivity contribution is 0.103. The predicted molar refractivity (Wildman–Crippen MR) is 66.1 cm³/mol. The molecule has 2 heterocycles. The topological polar surface area (TPSA) is 75.1 Å². The van der Waals surface area contributed by atoms with E-state index in [-0.39, 0.29) is 12.5 Å². The molecular weight excluding hydrogens is 258 g/mol. The van der Waals surface area contributed by atoms with E-state index in [0.717, 1.165) is 4.88 Å². The molecule has 0 atom stereocenters. The average molecular weight is 265 g/mol. The van der Waals surface area contributed by atoms with Crippen molar-refractivity contribution in [2.75, 3.05) is 11.9 Å². The second kappa shape index (κ2) is 5.54. The van der Waals surface area contributed by atoms with Crippen molar-refractivity contribution in [3.63, 3.8) is 0 Å². The number of aromatic nitrogens is 2. The van der Waals surface area contributed by atoms with E-state index in [4.69, 9.17) is 5.11 Å². The highest BCUT2D eigenvalue weighted by atomic mass is 32.1. The smallest absolute Gasteiger partial charge is 0.267 e. The summed E-state index contributed by atoms with van der Waals surface area (Å²) in [6, 6.07) is 3.42. The van der Waals surface area contributed by atoms with Crippen molar-refractivity contribution in [2.45, 2.75) is 0 Å². The first-order valence-electron chi connectivity index (χ1n) is 4.56. The fraction of sp³-hybridized carbons (Fsp3) is 0.100. The molecule has 0 saturated carbocycles. The van der Waals surface area contributed by atoms with E-state index in [9.17, 15) is 4.79 Å². The Labute approximate surface area is 105 Å². The molecule has 86 valence electrons. The molecular formula is C10H7N3O2S2. The van der Waals surface area contributed by atoms with E-state index < -0.39 is 0 Å². The third-order valence-electron chi connectivity index (χ3n) is 1.70. The highest BCUT2D eigenvalue weighted by Crippen LogP contribution is 2.17. The van der Waals surface area contributed by atoms with Crippen LogP contribution in [0.3, 0.4) is 0 Å². The van der Waals surface area contributed by atoms with Gasteiger partial charge in [-0.3, -0.25) is 10.1 Å². The van der Waals surface area contributed by atoms with Crippen LogP contribution in [0.15, 0.2) is 17.6 Å². The number of carbonyl (C=O) groups excluding carboxylic acids is 1. The van der Waals surface area contributed by atoms with Gasteiger partial charge in [-0.25, -0.2) is 0 Å². The molecule has 0 fully saturated rings. The summed E-state index contributed by atoms with van der Waals surface area (Å²) in [6.07, 6.45) is 0. The highest BCUT2D eigenvalue weighted by Gasteiger charge is 2.10. The monoisotopic (exact) mass is 265 g/mol. The minimum absolute atomic E-state index is 0.190. The number of rotatable bonds is 2. The molecule has 0 aliphatic heterocycles. The van der Waals surface area contributed by atoms with Crippen LogP contribution in [0.1, 0.15) is 14.5 Å². The maximum absolute atomic E-state index is 11.7. The first-order chi connectivity index (χ1) is 8.29. The van der Waals surface area contributed by atoms with Crippen molar-refractivity contribution in [3.8, 4) is 11.8 Å². The van der Waals surface area contributed by atoms with Crippen molar-refractivity contribution in [1.82, 2.24) is 10.2 Å². The molecule has 0 aliphatic carbocycles. The molecule has 0 saturated heterocycles. The lowest BCUT2D eigenvalue weighted by Gasteiger charge is -1.95. The third-order valence-corrected chi connectivity index (χ3v) is 3.31. The zero-order chi connectivity index (χ0) is 12.1. The summed E-state index contributed by atoms with van der Waals surface area (Å²) < 4.78 is 0. The second-order valence-electron chi connectivity index (χ2n) is 2.82. The lowest BCUT2D eigenvalue weighted by atomic mass is 10.4. The average Bonchev–Trinajstić information content (AvgIpc) is 2.96. The van der Waals surface area contributed by atoms with Gasteiger partial charge in [0.2, 0.25) is 5.13 Å². The molecule has 0 unspecified atom stereocenters. The second-order valence-corrected chi connectivity index (χ2v) is 4.74. The molecule has 5 nitrogen and oxygen atoms in total. The van der Waals surface area contributed by atoms with Crippen LogP contribution < -0.4 is 5.32 Å². The zero-order valence-corrected chi connectivity index (χ0v) is 10.1. The van der Waals surface area contributed by atoms with Gasteiger partial charge in [-0.15, -0.1) is 21.5 Å². The van der Waals surface area contributed by atoms with Gasteiger partial charge in [0.1, 0.15) is 12.1 Å². The van der Waals surface area contributed by atoms with Gasteiger partial charge in [-0.05, 0) is 12.1 Å². The van der Waals surface area contributed by atoms with E-state index in [0.29, 0.717) is 10.0 Å². The summed E-state index contributed by atoms with van der Waals surface area (Å²) in [5.41, 5.74) is 1.54. The number of anilines is 1. The van der Waals surface area contributed by atoms with Gasteiger partial charge in [0.25, 0.3) is 5.91 Å². The number of aliphatic hydroxyl groups excluding tert-OH is 1. The van der Waals surface area contributed by atoms with Gasteiger partial charge in [-0.2, -0.15) is 0 Å². The Hall–Kier alpha value is -1.75. The maximum atomic E-state index is 11.7. The Morgan fingerprint density at radius 3 is 3.12 bits per heavy atom. The Bertz CT molecular complexity index is 566. The zero-order valence-electron chi connectivity index (χ0n) is 8.51. The van der Waals surface area contributed by atoms with Gasteiger partial charge < -0.3 is 5.11 Å². The van der Waals surface area contributed by atoms with Gasteiger partial charge in [0.05, 0.1) is 9.75 Å². The summed E-state index contributed by atoms with van der Waals surface area (Å²) in [5, 5.41) is 19.0. The number of nitrogens with one attached hydrogen (secondary N) is 1. The lowest BCUT2D eigenvalue weighted by Crippen LogP contribution is -2.09. The van der Waals surface area contributed by atoms with Gasteiger partial charge in [-0.1, -0.05) is 23.2 Å². The standard InChI is InChI=1S/C10H7N3O2S2/c14-5-1-2-7-3-4-8(17-7)9(15)12-10-13-11-6-16-10/h3-4,6,14H,5H2,(H,12,13,15). The minimum Gasteiger partial charge on any atom is -0.384 e. The van der Waals surface area contributed by atoms with Crippen molar-refractivity contribution in [1.29, 1.82) is 0 Å². The largest absolute Gasteiger partial charge is 0.384 e. The molecule has 2 N–H and O–H groups in total. The molecule has 1 amide bonds. The Morgan fingerprint density at radius 1 is 1.53 bits per heavy atom. The third kappa shape index (κ3) is 3.10. The van der Waals surface area contributed by atoms with Crippen LogP contribution in [0, 0.1) is 11.8 Å². The Balaban J connectivity index is 2.07. The molecule has 2 aromatic heterocycles. The van der Waals surface area contributed by atoms with E-state index in [1.165, 1.54) is 22.7 Å². The molecule has 2 rings (SSSR count). The first-order valence-corrected chi connectivity index (χ1v) is 6.26. The van der Waals surface area contributed by atoms with Crippen LogP contribution in [0.5, 0.6) is 0 Å². The quantitative estimate of drug-likeness (QED) is 0.800. The van der Waals surface area contributed by atoms with Crippen molar-refractivity contribution in [3.05, 3.63) is 27.4 Å². The summed E-state index contributed by atoms with van der Waals surface area (Å²) in [6.45, 7) is -0.190. The van der Waals surface area contributed by atoms with E-state index in [1.807, 2.05) is 0 Å². The summed E-state index contributed by atoms with van der Waals surface area (Å²) >= 11 is 2.52. The minimum atomic E-state index is -0.233. The SMILES string of the molecule is O=C(Nc1nncs1)c1ccc(C#CCO)s1. The molecule has 0 aromatic carbocycles. The highest BCUT2D eigenvalue weighted by molar-refractivity contribution is 7.15. The number of amides is 1. The van der Waals surface area contributed by atoms with Crippen molar-refractivity contribution in [2.24, 2.45) is 0 Å². The van der Waals surface area contributed by atoms with Gasteiger partial charge in [0.15, 0.2) is 0 Å². The number of hydrogen-bond acceptors (Lipinski definition) is 6.